The van der Waals surface area contributed by atoms with Crippen molar-refractivity contribution in [1.29, 1.82) is 5.26 Å². The molecule has 0 aromatic carbocycles. The molecule has 0 spiro atoms. The van der Waals surface area contributed by atoms with Crippen LogP contribution in [0, 0.1) is 51.8 Å². The Balaban J connectivity index is 1.29. The van der Waals surface area contributed by atoms with Crippen molar-refractivity contribution in [2.75, 3.05) is 13.2 Å². The van der Waals surface area contributed by atoms with Gasteiger partial charge in [-0.1, -0.05) is 13.8 Å². The topological polar surface area (TPSA) is 112 Å². The predicted octanol–water partition coefficient (Wildman–Crippen LogP) is 5.05. The van der Waals surface area contributed by atoms with Gasteiger partial charge in [0.05, 0.1) is 17.8 Å². The number of aromatic nitrogens is 1. The highest BCUT2D eigenvalue weighted by atomic mass is 32.2. The van der Waals surface area contributed by atoms with Gasteiger partial charge in [0.2, 0.25) is 0 Å². The molecule has 9 atom stereocenters. The van der Waals surface area contributed by atoms with Crippen molar-refractivity contribution in [2.45, 2.75) is 102 Å². The van der Waals surface area contributed by atoms with Gasteiger partial charge in [0.25, 0.3) is 10.0 Å². The zero-order valence-corrected chi connectivity index (χ0v) is 24.3. The summed E-state index contributed by atoms with van der Waals surface area (Å²) in [6, 6.07) is 4.72. The lowest BCUT2D eigenvalue weighted by Gasteiger charge is -2.62. The van der Waals surface area contributed by atoms with E-state index >= 15 is 0 Å². The summed E-state index contributed by atoms with van der Waals surface area (Å²) in [5, 5.41) is 20.2. The smallest absolute Gasteiger partial charge is 0.258 e. The van der Waals surface area contributed by atoms with E-state index in [0.29, 0.717) is 42.4 Å². The van der Waals surface area contributed by atoms with Crippen LogP contribution in [-0.2, 0) is 14.8 Å². The van der Waals surface area contributed by atoms with Crippen LogP contribution in [0.3, 0.4) is 0 Å². The minimum absolute atomic E-state index is 0.0281. The number of aliphatic hydroxyl groups is 1. The molecule has 4 saturated carbocycles. The summed E-state index contributed by atoms with van der Waals surface area (Å²) in [4.78, 5) is 4.03. The average molecular weight is 544 g/mol. The van der Waals surface area contributed by atoms with Crippen molar-refractivity contribution in [3.63, 3.8) is 0 Å². The summed E-state index contributed by atoms with van der Waals surface area (Å²) in [6.45, 7) is 10.0. The Labute approximate surface area is 228 Å². The van der Waals surface area contributed by atoms with Crippen molar-refractivity contribution >= 4 is 10.0 Å². The molecule has 0 amide bonds. The van der Waals surface area contributed by atoms with Gasteiger partial charge in [-0.3, -0.25) is 0 Å². The minimum atomic E-state index is -3.76. The summed E-state index contributed by atoms with van der Waals surface area (Å²) in [5.74, 6) is 2.82. The van der Waals surface area contributed by atoms with E-state index in [-0.39, 0.29) is 27.8 Å². The number of ether oxygens (including phenoxy) is 1. The number of sulfonamides is 1. The van der Waals surface area contributed by atoms with Crippen molar-refractivity contribution < 1.29 is 18.3 Å². The first-order chi connectivity index (χ1) is 18.0. The molecule has 210 valence electrons. The molecule has 1 heterocycles. The summed E-state index contributed by atoms with van der Waals surface area (Å²) in [6.07, 6.45) is 11.0. The maximum absolute atomic E-state index is 13.1. The monoisotopic (exact) mass is 543 g/mol. The van der Waals surface area contributed by atoms with Crippen LogP contribution in [-0.4, -0.2) is 43.4 Å². The highest BCUT2D eigenvalue weighted by Crippen LogP contribution is 2.68. The molecular weight excluding hydrogens is 498 g/mol. The summed E-state index contributed by atoms with van der Waals surface area (Å²) in [7, 11) is -3.76. The van der Waals surface area contributed by atoms with E-state index in [2.05, 4.69) is 23.6 Å². The molecule has 0 radical (unpaired) electrons. The molecule has 7 nitrogen and oxygen atoms in total. The van der Waals surface area contributed by atoms with Crippen LogP contribution in [0.4, 0.5) is 0 Å². The maximum atomic E-state index is 13.1. The fourth-order valence-corrected chi connectivity index (χ4v) is 10.8. The standard InChI is InChI=1S/C30H45N3O4S/c1-5-37-19-30(34)15-14-28(3)22(16-30)7-8-23-25-10-9-24(29(25,4)13-12-26(23)28)20(2)33-38(35,36)27-11-6-21(17-31)18-32-27/h6,11,18,20,22-26,33-34H,5,7-10,12-16,19H2,1-4H3/t20?,22-,23+,24-,25+,26+,28+,29-,30-/m1/s1. The number of nitriles is 1. The quantitative estimate of drug-likeness (QED) is 0.498. The molecule has 0 bridgehead atoms. The largest absolute Gasteiger partial charge is 0.387 e. The van der Waals surface area contributed by atoms with Crippen LogP contribution in [0.15, 0.2) is 23.4 Å². The Bertz CT molecular complexity index is 1170. The van der Waals surface area contributed by atoms with Crippen LogP contribution in [0.25, 0.3) is 0 Å². The van der Waals surface area contributed by atoms with Gasteiger partial charge in [0, 0.05) is 18.8 Å². The molecule has 38 heavy (non-hydrogen) atoms. The number of hydrogen-bond acceptors (Lipinski definition) is 6. The van der Waals surface area contributed by atoms with E-state index in [1.807, 2.05) is 19.9 Å². The highest BCUT2D eigenvalue weighted by Gasteiger charge is 2.61. The Hall–Kier alpha value is -1.53. The lowest BCUT2D eigenvalue weighted by molar-refractivity contribution is -0.165. The zero-order chi connectivity index (χ0) is 27.3. The van der Waals surface area contributed by atoms with Gasteiger partial charge >= 0.3 is 0 Å². The molecule has 1 unspecified atom stereocenters. The van der Waals surface area contributed by atoms with E-state index in [9.17, 15) is 13.5 Å². The fraction of sp³-hybridized carbons (Fsp3) is 0.800. The minimum Gasteiger partial charge on any atom is -0.387 e. The van der Waals surface area contributed by atoms with E-state index in [1.54, 1.807) is 0 Å². The Morgan fingerprint density at radius 1 is 1.13 bits per heavy atom. The molecule has 4 aliphatic carbocycles. The third kappa shape index (κ3) is 4.72. The van der Waals surface area contributed by atoms with Gasteiger partial charge in [0.15, 0.2) is 5.03 Å². The number of nitrogens with zero attached hydrogens (tertiary/aromatic N) is 2. The van der Waals surface area contributed by atoms with Gasteiger partial charge in [-0.2, -0.15) is 5.26 Å². The zero-order valence-electron chi connectivity index (χ0n) is 23.4. The van der Waals surface area contributed by atoms with Crippen LogP contribution < -0.4 is 4.72 Å². The molecule has 4 fully saturated rings. The van der Waals surface area contributed by atoms with Crippen LogP contribution in [0.5, 0.6) is 0 Å². The SMILES string of the molecule is CCOC[C@@]1(O)CC[C@@]2(C)[C@H](CC[C@@H]3[C@@H]2CC[C@]2(C)[C@@H](C(C)NS(=O)(=O)c4ccc(C#N)cn4)CC[C@@H]32)C1. The van der Waals surface area contributed by atoms with Gasteiger partial charge in [-0.15, -0.1) is 0 Å². The predicted molar refractivity (Wildman–Crippen MR) is 145 cm³/mol. The third-order valence-electron chi connectivity index (χ3n) is 11.6. The molecule has 0 saturated heterocycles. The Morgan fingerprint density at radius 3 is 2.58 bits per heavy atom. The van der Waals surface area contributed by atoms with Gasteiger partial charge in [0.1, 0.15) is 6.07 Å². The maximum Gasteiger partial charge on any atom is 0.258 e. The van der Waals surface area contributed by atoms with Gasteiger partial charge < -0.3 is 9.84 Å². The van der Waals surface area contributed by atoms with E-state index < -0.39 is 15.6 Å². The Kier molecular flexibility index (Phi) is 7.48. The lowest BCUT2D eigenvalue weighted by atomic mass is 9.44. The number of pyridine rings is 1. The molecular formula is C30H45N3O4S. The van der Waals surface area contributed by atoms with Crippen molar-refractivity contribution in [1.82, 2.24) is 9.71 Å². The normalized spacial score (nSPS) is 41.4. The van der Waals surface area contributed by atoms with E-state index in [0.717, 1.165) is 32.1 Å². The summed E-state index contributed by atoms with van der Waals surface area (Å²) in [5.41, 5.74) is 0.0648. The first-order valence-corrected chi connectivity index (χ1v) is 16.1. The second-order valence-corrected chi connectivity index (χ2v) is 15.0. The average Bonchev–Trinajstić information content (AvgIpc) is 3.25. The number of rotatable bonds is 7. The molecule has 0 aliphatic heterocycles. The second-order valence-electron chi connectivity index (χ2n) is 13.4. The molecule has 1 aromatic heterocycles. The second kappa shape index (κ2) is 10.1. The fourth-order valence-electron chi connectivity index (χ4n) is 9.60. The number of nitrogens with one attached hydrogen (secondary N) is 1. The molecule has 2 N–H and O–H groups in total. The number of hydrogen-bond donors (Lipinski definition) is 2. The van der Waals surface area contributed by atoms with Gasteiger partial charge in [-0.05, 0) is 124 Å². The third-order valence-corrected chi connectivity index (χ3v) is 13.0. The van der Waals surface area contributed by atoms with E-state index in [1.165, 1.54) is 44.0 Å². The van der Waals surface area contributed by atoms with Crippen LogP contribution in [0.1, 0.15) is 91.0 Å². The van der Waals surface area contributed by atoms with Gasteiger partial charge in [-0.25, -0.2) is 18.1 Å². The molecule has 1 aromatic rings. The van der Waals surface area contributed by atoms with Crippen molar-refractivity contribution in [3.8, 4) is 6.07 Å². The van der Waals surface area contributed by atoms with Crippen LogP contribution in [0.2, 0.25) is 0 Å². The lowest BCUT2D eigenvalue weighted by Crippen LogP contribution is -2.57. The number of fused-ring (bicyclic) bond motifs is 5. The molecule has 4 aliphatic rings. The van der Waals surface area contributed by atoms with Crippen molar-refractivity contribution in [2.24, 2.45) is 40.4 Å². The van der Waals surface area contributed by atoms with E-state index in [4.69, 9.17) is 10.00 Å². The first kappa shape index (κ1) is 28.0. The molecule has 8 heteroatoms. The molecule has 5 rings (SSSR count). The Morgan fingerprint density at radius 2 is 1.89 bits per heavy atom. The van der Waals surface area contributed by atoms with Crippen molar-refractivity contribution in [3.05, 3.63) is 23.9 Å². The summed E-state index contributed by atoms with van der Waals surface area (Å²) >= 11 is 0. The van der Waals surface area contributed by atoms with Crippen LogP contribution >= 0.6 is 0 Å². The summed E-state index contributed by atoms with van der Waals surface area (Å²) < 4.78 is 34.9. The highest BCUT2D eigenvalue weighted by molar-refractivity contribution is 7.89. The first-order valence-electron chi connectivity index (χ1n) is 14.6.